The zero-order valence-electron chi connectivity index (χ0n) is 46.9. The van der Waals surface area contributed by atoms with Crippen LogP contribution in [0.4, 0.5) is 67.1 Å². The van der Waals surface area contributed by atoms with E-state index in [0.29, 0.717) is 63.6 Å². The first kappa shape index (κ1) is 75.0. The number of halogens is 12. The number of carbonyl (C=O) groups is 2. The molecule has 22 nitrogen and oxygen atoms in total. The number of rotatable bonds is 15. The van der Waals surface area contributed by atoms with Gasteiger partial charge < -0.3 is 58.9 Å². The number of anilines is 6. The molecular formula is C50H76Cl5F7N18O4. The van der Waals surface area contributed by atoms with E-state index in [4.69, 9.17) is 108 Å². The smallest absolute Gasteiger partial charge is 0.273 e. The highest BCUT2D eigenvalue weighted by Gasteiger charge is 2.36. The number of hydrogen-bond acceptors (Lipinski definition) is 20. The van der Waals surface area contributed by atoms with Crippen molar-refractivity contribution in [1.29, 1.82) is 0 Å². The standard InChI is InChI=1S/C25H37Cl2N9O2.C19H32ClN7O2.C6H6Cl2N2.3F2.FH/c1-3-17-14-35(24-21(27)32-20(23(29)33-24)25(38)30-12-15(2)37)10-11-36(17)18-6-8-34(9-7-18)13-16-4-5-19(26)31-22(16)28;1-3-13-11-26(8-9-27(13)14-4-6-22-7-5-14)18-16(20)24-15(17(21)25-18)19(29)23-10-12(2)28;7-3-4-1-2-5(8)10-6(4)9;3*1-2;/h4-5,15,17-18,37H,3,6-14H2,1-2H3,(H2,28,31)(H2,29,33)(H,30,38);12-14,22,28H,3-11H2,1-2H3,(H2,21,25)(H,23,29);1-2H,3H2,(H2,9,10);;;;1H/t15-,17-;12-,13-;;;;;/m00...../s1. The van der Waals surface area contributed by atoms with Crippen LogP contribution in [0.1, 0.15) is 98.3 Å². The zero-order valence-corrected chi connectivity index (χ0v) is 50.7. The van der Waals surface area contributed by atoms with Gasteiger partial charge in [-0.15, -0.1) is 11.6 Å². The molecule has 2 amide bonds. The maximum absolute atomic E-state index is 12.4. The van der Waals surface area contributed by atoms with Crippen molar-refractivity contribution < 1.29 is 52.0 Å². The van der Waals surface area contributed by atoms with Crippen molar-refractivity contribution in [2.75, 3.05) is 111 Å². The maximum atomic E-state index is 12.4. The normalized spacial score (nSPS) is 18.4. The van der Waals surface area contributed by atoms with Crippen molar-refractivity contribution in [3.8, 4) is 0 Å². The number of carbonyl (C=O) groups excluding carboxylic acids is 2. The van der Waals surface area contributed by atoms with Gasteiger partial charge in [0.15, 0.2) is 45.0 Å². The predicted octanol–water partition coefficient (Wildman–Crippen LogP) is 7.22. The fourth-order valence-electron chi connectivity index (χ4n) is 10.0. The molecule has 0 bridgehead atoms. The highest BCUT2D eigenvalue weighted by molar-refractivity contribution is 6.32. The fourth-order valence-corrected chi connectivity index (χ4v) is 11.1. The van der Waals surface area contributed by atoms with Gasteiger partial charge >= 0.3 is 0 Å². The largest absolute Gasteiger partial charge is 0.392 e. The second-order valence-corrected chi connectivity index (χ2v) is 21.5. The highest BCUT2D eigenvalue weighted by Crippen LogP contribution is 2.32. The van der Waals surface area contributed by atoms with Crippen LogP contribution in [0.25, 0.3) is 0 Å². The van der Waals surface area contributed by atoms with Crippen LogP contribution in [-0.2, 0) is 12.4 Å². The van der Waals surface area contributed by atoms with Crippen LogP contribution < -0.4 is 48.7 Å². The first-order valence-electron chi connectivity index (χ1n) is 26.6. The molecule has 34 heteroatoms. The summed E-state index contributed by atoms with van der Waals surface area (Å²) in [6.07, 6.45) is 5.22. The Morgan fingerprint density at radius 2 is 1.00 bits per heavy atom. The molecule has 8 rings (SSSR count). The van der Waals surface area contributed by atoms with Gasteiger partial charge in [-0.3, -0.25) is 29.0 Å². The molecule has 4 fully saturated rings. The summed E-state index contributed by atoms with van der Waals surface area (Å²) in [6, 6.07) is 9.05. The van der Waals surface area contributed by atoms with Crippen molar-refractivity contribution in [2.45, 2.75) is 115 Å². The Bertz CT molecular complexity index is 2610. The molecule has 4 aliphatic rings. The number of piperidine rings is 2. The molecule has 0 radical (unpaired) electrons. The van der Waals surface area contributed by atoms with Gasteiger partial charge in [-0.1, -0.05) is 72.4 Å². The van der Waals surface area contributed by atoms with Crippen molar-refractivity contribution in [3.05, 3.63) is 67.4 Å². The van der Waals surface area contributed by atoms with Gasteiger partial charge in [0.05, 0.1) is 18.1 Å². The Morgan fingerprint density at radius 3 is 1.37 bits per heavy atom. The molecule has 4 saturated heterocycles. The Morgan fingerprint density at radius 1 is 0.607 bits per heavy atom. The van der Waals surface area contributed by atoms with Gasteiger partial charge in [-0.05, 0) is 90.7 Å². The number of nitrogen functional groups attached to an aromatic ring is 4. The third-order valence-corrected chi connectivity index (χ3v) is 15.4. The van der Waals surface area contributed by atoms with Gasteiger partial charge in [0.1, 0.15) is 21.9 Å². The summed E-state index contributed by atoms with van der Waals surface area (Å²) in [5, 5.41) is 28.4. The number of nitrogens with zero attached hydrogens (tertiary/aromatic N) is 11. The second-order valence-electron chi connectivity index (χ2n) is 19.7. The molecule has 4 aliphatic heterocycles. The third-order valence-electron chi connectivity index (χ3n) is 14.2. The number of aromatic nitrogens is 6. The van der Waals surface area contributed by atoms with Crippen LogP contribution in [0.5, 0.6) is 0 Å². The van der Waals surface area contributed by atoms with Gasteiger partial charge in [-0.2, -0.15) is 0 Å². The maximum Gasteiger partial charge on any atom is 0.273 e. The lowest BCUT2D eigenvalue weighted by Crippen LogP contribution is -2.58. The number of alkyl halides is 1. The number of nitrogens with two attached hydrogens (primary N) is 4. The van der Waals surface area contributed by atoms with E-state index in [0.717, 1.165) is 109 Å². The molecule has 13 N–H and O–H groups in total. The first-order valence-corrected chi connectivity index (χ1v) is 28.7. The Kier molecular flexibility index (Phi) is 34.7. The molecule has 0 saturated carbocycles. The van der Waals surface area contributed by atoms with Gasteiger partial charge in [-0.25, -0.2) is 29.9 Å². The molecule has 8 heterocycles. The SMILES string of the molecule is CC[C@H]1CN(c2nc(N)c(C(=O)NC[C@H](C)O)nc2Cl)CCN1C1CCN(Cc2ccc(Cl)nc2N)CC1.CC[C@H]1CN(c2nc(N)c(C(=O)NC[C@H](C)O)nc2Cl)CCN1C1CCNCC1.F.FF.FF.FF.Nc1nc(Cl)ccc1CCl. The summed E-state index contributed by atoms with van der Waals surface area (Å²) in [5.41, 5.74) is 25.4. The Labute approximate surface area is 508 Å². The van der Waals surface area contributed by atoms with Crippen LogP contribution in [0, 0.1) is 0 Å². The van der Waals surface area contributed by atoms with Crippen LogP contribution in [-0.4, -0.2) is 182 Å². The minimum Gasteiger partial charge on any atom is -0.392 e. The average molecular weight is 1300 g/mol. The lowest BCUT2D eigenvalue weighted by Gasteiger charge is -2.47. The molecule has 0 unspecified atom stereocenters. The van der Waals surface area contributed by atoms with E-state index in [1.165, 1.54) is 12.8 Å². The summed E-state index contributed by atoms with van der Waals surface area (Å²) in [6.45, 7) is 17.6. The summed E-state index contributed by atoms with van der Waals surface area (Å²) >= 11 is 29.9. The second kappa shape index (κ2) is 38.9. The summed E-state index contributed by atoms with van der Waals surface area (Å²) in [5.74, 6) is 1.36. The molecule has 0 aliphatic carbocycles. The van der Waals surface area contributed by atoms with E-state index in [1.54, 1.807) is 32.0 Å². The van der Waals surface area contributed by atoms with E-state index in [9.17, 15) is 19.8 Å². The van der Waals surface area contributed by atoms with Crippen LogP contribution in [0.2, 0.25) is 20.6 Å². The van der Waals surface area contributed by atoms with E-state index >= 15 is 0 Å². The van der Waals surface area contributed by atoms with Crippen molar-refractivity contribution >= 4 is 105 Å². The fraction of sp³-hybridized carbons (Fsp3) is 0.600. The first-order chi connectivity index (χ1) is 39.8. The number of aliphatic hydroxyl groups is 2. The number of piperazine rings is 2. The van der Waals surface area contributed by atoms with Crippen molar-refractivity contribution in [2.24, 2.45) is 0 Å². The highest BCUT2D eigenvalue weighted by atomic mass is 35.5. The van der Waals surface area contributed by atoms with Crippen LogP contribution in [0.15, 0.2) is 24.3 Å². The summed E-state index contributed by atoms with van der Waals surface area (Å²) in [4.78, 5) is 61.8. The third kappa shape index (κ3) is 22.3. The number of pyridine rings is 2. The van der Waals surface area contributed by atoms with E-state index in [2.05, 4.69) is 84.2 Å². The molecular weight excluding hydrogens is 1230 g/mol. The predicted molar refractivity (Wildman–Crippen MR) is 317 cm³/mol. The average Bonchev–Trinajstić information content (AvgIpc) is 2.41. The van der Waals surface area contributed by atoms with Crippen LogP contribution >= 0.6 is 58.0 Å². The number of amides is 2. The number of nitrogens with one attached hydrogen (secondary N) is 3. The summed E-state index contributed by atoms with van der Waals surface area (Å²) in [7, 11) is 0. The number of likely N-dealkylation sites (tertiary alicyclic amines) is 1. The molecule has 4 aromatic rings. The number of hydrogen-bond donors (Lipinski definition) is 9. The van der Waals surface area contributed by atoms with Gasteiger partial charge in [0, 0.05) is 122 Å². The van der Waals surface area contributed by atoms with E-state index < -0.39 is 24.0 Å². The lowest BCUT2D eigenvalue weighted by atomic mass is 9.98. The summed E-state index contributed by atoms with van der Waals surface area (Å²) < 4.78 is 48.0. The molecule has 0 aromatic carbocycles. The lowest BCUT2D eigenvalue weighted by molar-refractivity contribution is 0.0611. The van der Waals surface area contributed by atoms with Crippen LogP contribution in [0.3, 0.4) is 0 Å². The minimum absolute atomic E-state index is 0. The Hall–Kier alpha value is -5.08. The van der Waals surface area contributed by atoms with E-state index in [1.807, 2.05) is 6.07 Å². The van der Waals surface area contributed by atoms with E-state index in [-0.39, 0.29) is 51.1 Å². The number of aliphatic hydroxyl groups excluding tert-OH is 2. The van der Waals surface area contributed by atoms with Gasteiger partial charge in [0.25, 0.3) is 11.8 Å². The molecule has 474 valence electrons. The quantitative estimate of drug-likeness (QED) is 0.0322. The molecule has 4 aromatic heterocycles. The molecule has 0 spiro atoms. The van der Waals surface area contributed by atoms with Gasteiger partial charge in [0.2, 0.25) is 0 Å². The topological polar surface area (TPSA) is 308 Å². The molecule has 4 atom stereocenters. The Balaban J connectivity index is 0.000000461. The van der Waals surface area contributed by atoms with Crippen molar-refractivity contribution in [3.63, 3.8) is 0 Å². The molecule has 84 heavy (non-hydrogen) atoms. The monoisotopic (exact) mass is 1300 g/mol. The van der Waals surface area contributed by atoms with Crippen molar-refractivity contribution in [1.82, 2.24) is 60.6 Å². The zero-order chi connectivity index (χ0) is 61.9. The minimum atomic E-state index is -0.683.